The molecule has 0 atom stereocenters. The van der Waals surface area contributed by atoms with E-state index >= 15 is 0 Å². The summed E-state index contributed by atoms with van der Waals surface area (Å²) in [6.45, 7) is 5.92. The van der Waals surface area contributed by atoms with E-state index in [9.17, 15) is 32.9 Å². The van der Waals surface area contributed by atoms with Crippen molar-refractivity contribution in [3.8, 4) is 17.2 Å². The summed E-state index contributed by atoms with van der Waals surface area (Å²) in [5.41, 5.74) is -0.630. The smallest absolute Gasteiger partial charge is 0.449 e. The molecule has 1 heterocycles. The molecular weight excluding hydrogens is 531 g/mol. The van der Waals surface area contributed by atoms with Crippen LogP contribution in [0.25, 0.3) is 17.0 Å². The molecule has 0 fully saturated rings. The maximum absolute atomic E-state index is 13.9. The van der Waals surface area contributed by atoms with Crippen LogP contribution < -0.4 is 14.9 Å². The Balaban J connectivity index is 1.63. The summed E-state index contributed by atoms with van der Waals surface area (Å²) in [6.07, 6.45) is -2.81. The molecular formula is C29H22F3NO7. The van der Waals surface area contributed by atoms with Gasteiger partial charge in [0.1, 0.15) is 17.1 Å². The van der Waals surface area contributed by atoms with Gasteiger partial charge in [0, 0.05) is 24.3 Å². The van der Waals surface area contributed by atoms with Crippen molar-refractivity contribution in [1.29, 1.82) is 0 Å². The number of non-ortho nitro benzene ring substituents is 1. The summed E-state index contributed by atoms with van der Waals surface area (Å²) < 4.78 is 57.2. The minimum absolute atomic E-state index is 0.0197. The van der Waals surface area contributed by atoms with Gasteiger partial charge in [-0.2, -0.15) is 13.2 Å². The van der Waals surface area contributed by atoms with Crippen LogP contribution in [0.4, 0.5) is 18.9 Å². The Kier molecular flexibility index (Phi) is 7.50. The second-order valence-electron chi connectivity index (χ2n) is 9.73. The number of ether oxygens (including phenoxy) is 2. The number of carbonyl (C=O) groups excluding carboxylic acids is 1. The monoisotopic (exact) mass is 553 g/mol. The lowest BCUT2D eigenvalue weighted by molar-refractivity contribution is -0.384. The van der Waals surface area contributed by atoms with Crippen LogP contribution in [0.1, 0.15) is 37.7 Å². The maximum Gasteiger partial charge on any atom is 0.453 e. The fraction of sp³-hybridized carbons (Fsp3) is 0.172. The second-order valence-corrected chi connectivity index (χ2v) is 9.73. The molecule has 0 aliphatic carbocycles. The zero-order chi connectivity index (χ0) is 29.2. The number of nitro groups is 1. The van der Waals surface area contributed by atoms with Crippen molar-refractivity contribution in [2.45, 2.75) is 32.4 Å². The molecule has 0 unspecified atom stereocenters. The summed E-state index contributed by atoms with van der Waals surface area (Å²) in [6, 6.07) is 15.2. The topological polar surface area (TPSA) is 109 Å². The number of carbonyl (C=O) groups is 1. The zero-order valence-electron chi connectivity index (χ0n) is 21.4. The third-order valence-electron chi connectivity index (χ3n) is 5.73. The molecule has 4 aromatic rings. The van der Waals surface area contributed by atoms with Gasteiger partial charge in [0.15, 0.2) is 0 Å². The number of rotatable bonds is 6. The summed E-state index contributed by atoms with van der Waals surface area (Å²) in [7, 11) is 0. The summed E-state index contributed by atoms with van der Waals surface area (Å²) in [5.74, 6) is -3.75. The number of halogens is 3. The molecule has 3 aromatic carbocycles. The van der Waals surface area contributed by atoms with Gasteiger partial charge in [-0.1, -0.05) is 45.0 Å². The van der Waals surface area contributed by atoms with Gasteiger partial charge in [-0.25, -0.2) is 4.79 Å². The molecule has 0 amide bonds. The molecule has 0 bridgehead atoms. The molecule has 0 radical (unpaired) electrons. The summed E-state index contributed by atoms with van der Waals surface area (Å²) in [5, 5.41) is 10.7. The highest BCUT2D eigenvalue weighted by Gasteiger charge is 2.40. The molecule has 0 aliphatic rings. The van der Waals surface area contributed by atoms with E-state index in [1.54, 1.807) is 12.1 Å². The number of benzene rings is 3. The second kappa shape index (κ2) is 10.7. The first-order chi connectivity index (χ1) is 18.7. The summed E-state index contributed by atoms with van der Waals surface area (Å²) in [4.78, 5) is 35.6. The Morgan fingerprint density at radius 1 is 0.975 bits per heavy atom. The molecule has 0 spiro atoms. The average Bonchev–Trinajstić information content (AvgIpc) is 2.88. The lowest BCUT2D eigenvalue weighted by Crippen LogP contribution is -2.16. The largest absolute Gasteiger partial charge is 0.453 e. The van der Waals surface area contributed by atoms with E-state index in [-0.39, 0.29) is 28.0 Å². The van der Waals surface area contributed by atoms with Gasteiger partial charge in [-0.3, -0.25) is 14.9 Å². The van der Waals surface area contributed by atoms with E-state index in [1.165, 1.54) is 48.5 Å². The van der Waals surface area contributed by atoms with Crippen molar-refractivity contribution in [2.24, 2.45) is 0 Å². The SMILES string of the molecule is CC(C)(C)c1ccc(Oc2c(C(F)(F)F)oc3cc(OC(=O)/C=C/c4cccc([N+](=O)[O-])c4)ccc3c2=O)cc1. The Hall–Kier alpha value is -4.93. The van der Waals surface area contributed by atoms with E-state index in [1.807, 2.05) is 20.8 Å². The molecule has 0 saturated heterocycles. The van der Waals surface area contributed by atoms with Gasteiger partial charge in [0.25, 0.3) is 11.4 Å². The minimum Gasteiger partial charge on any atom is -0.449 e. The Morgan fingerprint density at radius 3 is 2.27 bits per heavy atom. The maximum atomic E-state index is 13.9. The number of hydrogen-bond donors (Lipinski definition) is 0. The average molecular weight is 553 g/mol. The van der Waals surface area contributed by atoms with Gasteiger partial charge >= 0.3 is 12.1 Å². The van der Waals surface area contributed by atoms with Crippen LogP contribution in [0.5, 0.6) is 17.2 Å². The van der Waals surface area contributed by atoms with Crippen molar-refractivity contribution in [3.05, 3.63) is 110 Å². The van der Waals surface area contributed by atoms with Crippen LogP contribution in [0.3, 0.4) is 0 Å². The predicted octanol–water partition coefficient (Wildman–Crippen LogP) is 7.43. The fourth-order valence-corrected chi connectivity index (χ4v) is 3.70. The van der Waals surface area contributed by atoms with Crippen LogP contribution in [0, 0.1) is 10.1 Å². The lowest BCUT2D eigenvalue weighted by Gasteiger charge is -2.19. The standard InChI is InChI=1S/C29H22F3NO7/c1-28(2,3)18-8-10-20(11-9-18)39-26-25(35)22-13-12-21(16-23(22)40-27(26)29(30,31)32)38-24(34)14-7-17-5-4-6-19(15-17)33(36)37/h4-16H,1-3H3/b14-7+. The number of esters is 1. The molecule has 8 nitrogen and oxygen atoms in total. The van der Waals surface area contributed by atoms with E-state index < -0.39 is 39.6 Å². The third-order valence-corrected chi connectivity index (χ3v) is 5.73. The highest BCUT2D eigenvalue weighted by molar-refractivity contribution is 5.89. The molecule has 11 heteroatoms. The molecule has 0 saturated carbocycles. The molecule has 206 valence electrons. The molecule has 0 aliphatic heterocycles. The first-order valence-electron chi connectivity index (χ1n) is 11.8. The van der Waals surface area contributed by atoms with Crippen LogP contribution in [0.2, 0.25) is 0 Å². The van der Waals surface area contributed by atoms with Crippen molar-refractivity contribution in [2.75, 3.05) is 0 Å². The highest BCUT2D eigenvalue weighted by Crippen LogP contribution is 2.39. The van der Waals surface area contributed by atoms with Crippen molar-refractivity contribution in [1.82, 2.24) is 0 Å². The van der Waals surface area contributed by atoms with E-state index in [0.717, 1.165) is 23.8 Å². The van der Waals surface area contributed by atoms with Crippen LogP contribution in [-0.2, 0) is 16.4 Å². The van der Waals surface area contributed by atoms with Crippen LogP contribution >= 0.6 is 0 Å². The van der Waals surface area contributed by atoms with Gasteiger partial charge in [0.05, 0.1) is 10.3 Å². The van der Waals surface area contributed by atoms with Crippen LogP contribution in [-0.4, -0.2) is 10.9 Å². The lowest BCUT2D eigenvalue weighted by atomic mass is 9.87. The predicted molar refractivity (Wildman–Crippen MR) is 140 cm³/mol. The first-order valence-corrected chi connectivity index (χ1v) is 11.8. The fourth-order valence-electron chi connectivity index (χ4n) is 3.70. The molecule has 4 rings (SSSR count). The molecule has 0 N–H and O–H groups in total. The van der Waals surface area contributed by atoms with Gasteiger partial charge in [0.2, 0.25) is 11.2 Å². The minimum atomic E-state index is -5.07. The normalized spacial score (nSPS) is 12.1. The number of nitrogens with zero attached hydrogens (tertiary/aromatic N) is 1. The summed E-state index contributed by atoms with van der Waals surface area (Å²) >= 11 is 0. The van der Waals surface area contributed by atoms with Crippen molar-refractivity contribution >= 4 is 28.7 Å². The van der Waals surface area contributed by atoms with E-state index in [4.69, 9.17) is 13.9 Å². The molecule has 1 aromatic heterocycles. The number of fused-ring (bicyclic) bond motifs is 1. The van der Waals surface area contributed by atoms with Crippen molar-refractivity contribution < 1.29 is 36.8 Å². The third kappa shape index (κ3) is 6.37. The van der Waals surface area contributed by atoms with Gasteiger partial charge in [-0.15, -0.1) is 0 Å². The van der Waals surface area contributed by atoms with Gasteiger partial charge < -0.3 is 13.9 Å². The van der Waals surface area contributed by atoms with E-state index in [2.05, 4.69) is 0 Å². The quantitative estimate of drug-likeness (QED) is 0.0803. The molecule has 40 heavy (non-hydrogen) atoms. The Morgan fingerprint density at radius 2 is 1.65 bits per heavy atom. The Labute approximate surface area is 225 Å². The van der Waals surface area contributed by atoms with Crippen LogP contribution in [0.15, 0.2) is 82.0 Å². The van der Waals surface area contributed by atoms with Crippen molar-refractivity contribution in [3.63, 3.8) is 0 Å². The van der Waals surface area contributed by atoms with E-state index in [0.29, 0.717) is 5.56 Å². The highest BCUT2D eigenvalue weighted by atomic mass is 19.4. The number of hydrogen-bond acceptors (Lipinski definition) is 7. The Bertz CT molecular complexity index is 1680. The first kappa shape index (κ1) is 28.1. The number of nitro benzene ring substituents is 1. The van der Waals surface area contributed by atoms with Gasteiger partial charge in [-0.05, 0) is 46.9 Å². The number of alkyl halides is 3. The zero-order valence-corrected chi connectivity index (χ0v) is 21.4.